The van der Waals surface area contributed by atoms with E-state index >= 15 is 0 Å². The van der Waals surface area contributed by atoms with Gasteiger partial charge in [-0.2, -0.15) is 10.2 Å². The molecule has 0 aliphatic rings. The van der Waals surface area contributed by atoms with Gasteiger partial charge in [0, 0.05) is 10.6 Å². The zero-order valence-corrected chi connectivity index (χ0v) is 12.1. The van der Waals surface area contributed by atoms with Gasteiger partial charge in [0.1, 0.15) is 5.75 Å². The predicted octanol–water partition coefficient (Wildman–Crippen LogP) is 3.84. The number of benzene rings is 2. The zero-order chi connectivity index (χ0) is 15.4. The molecule has 0 radical (unpaired) electrons. The molecule has 0 bridgehead atoms. The van der Waals surface area contributed by atoms with E-state index in [1.165, 1.54) is 0 Å². The summed E-state index contributed by atoms with van der Waals surface area (Å²) in [5.41, 5.74) is 1.37. The van der Waals surface area contributed by atoms with Gasteiger partial charge < -0.3 is 9.26 Å². The van der Waals surface area contributed by atoms with E-state index in [4.69, 9.17) is 26.1 Å². The quantitative estimate of drug-likeness (QED) is 0.732. The first-order valence-electron chi connectivity index (χ1n) is 6.46. The highest BCUT2D eigenvalue weighted by Gasteiger charge is 2.09. The minimum Gasteiger partial charge on any atom is -0.485 e. The van der Waals surface area contributed by atoms with E-state index in [1.54, 1.807) is 48.5 Å². The number of nitrogens with zero attached hydrogens (tertiary/aromatic N) is 3. The van der Waals surface area contributed by atoms with Gasteiger partial charge >= 0.3 is 0 Å². The van der Waals surface area contributed by atoms with Crippen LogP contribution >= 0.6 is 11.6 Å². The van der Waals surface area contributed by atoms with Gasteiger partial charge in [-0.1, -0.05) is 16.8 Å². The van der Waals surface area contributed by atoms with Crippen LogP contribution < -0.4 is 4.74 Å². The average molecular weight is 312 g/mol. The van der Waals surface area contributed by atoms with Crippen LogP contribution in [0.25, 0.3) is 11.5 Å². The summed E-state index contributed by atoms with van der Waals surface area (Å²) in [6, 6.07) is 16.0. The van der Waals surface area contributed by atoms with E-state index in [0.29, 0.717) is 28.1 Å². The van der Waals surface area contributed by atoms with Crippen LogP contribution in [0.1, 0.15) is 11.4 Å². The van der Waals surface area contributed by atoms with Crippen LogP contribution in [0, 0.1) is 11.3 Å². The lowest BCUT2D eigenvalue weighted by Gasteiger charge is -2.02. The highest BCUT2D eigenvalue weighted by Crippen LogP contribution is 2.20. The first kappa shape index (κ1) is 14.1. The maximum Gasteiger partial charge on any atom is 0.258 e. The van der Waals surface area contributed by atoms with Crippen LogP contribution in [0.2, 0.25) is 5.02 Å². The molecule has 1 aromatic heterocycles. The third-order valence-electron chi connectivity index (χ3n) is 2.91. The molecule has 6 heteroatoms. The van der Waals surface area contributed by atoms with E-state index in [0.717, 1.165) is 5.56 Å². The summed E-state index contributed by atoms with van der Waals surface area (Å²) < 4.78 is 10.7. The molecule has 0 atom stereocenters. The average Bonchev–Trinajstić information content (AvgIpc) is 3.03. The van der Waals surface area contributed by atoms with Gasteiger partial charge in [0.2, 0.25) is 5.82 Å². The molecular formula is C16H10ClN3O2. The second-order valence-corrected chi connectivity index (χ2v) is 4.88. The van der Waals surface area contributed by atoms with Crippen molar-refractivity contribution in [2.45, 2.75) is 6.61 Å². The number of nitriles is 1. The van der Waals surface area contributed by atoms with E-state index in [9.17, 15) is 0 Å². The van der Waals surface area contributed by atoms with Crippen molar-refractivity contribution in [3.63, 3.8) is 0 Å². The molecule has 0 unspecified atom stereocenters. The van der Waals surface area contributed by atoms with Crippen molar-refractivity contribution in [3.05, 3.63) is 64.9 Å². The molecule has 0 spiro atoms. The van der Waals surface area contributed by atoms with Gasteiger partial charge in [-0.15, -0.1) is 0 Å². The van der Waals surface area contributed by atoms with Crippen LogP contribution in [0.4, 0.5) is 0 Å². The molecule has 3 aromatic rings. The van der Waals surface area contributed by atoms with E-state index in [-0.39, 0.29) is 6.61 Å². The molecule has 1 heterocycles. The van der Waals surface area contributed by atoms with E-state index in [1.807, 2.05) is 6.07 Å². The SMILES string of the molecule is N#Cc1ccc(OCc2noc(-c3ccc(Cl)cc3)n2)cc1. The third kappa shape index (κ3) is 3.25. The summed E-state index contributed by atoms with van der Waals surface area (Å²) in [6.07, 6.45) is 0. The Bertz CT molecular complexity index is 805. The summed E-state index contributed by atoms with van der Waals surface area (Å²) in [5.74, 6) is 1.49. The number of rotatable bonds is 4. The molecule has 22 heavy (non-hydrogen) atoms. The Morgan fingerprint density at radius 1 is 1.09 bits per heavy atom. The smallest absolute Gasteiger partial charge is 0.258 e. The number of halogens is 1. The summed E-state index contributed by atoms with van der Waals surface area (Å²) >= 11 is 5.84. The molecular weight excluding hydrogens is 302 g/mol. The molecule has 3 rings (SSSR count). The Kier molecular flexibility index (Phi) is 4.03. The number of ether oxygens (including phenoxy) is 1. The van der Waals surface area contributed by atoms with Crippen molar-refractivity contribution >= 4 is 11.6 Å². The second kappa shape index (κ2) is 6.29. The standard InChI is InChI=1S/C16H10ClN3O2/c17-13-5-3-12(4-6-13)16-19-15(20-22-16)10-21-14-7-1-11(9-18)2-8-14/h1-8H,10H2. The Morgan fingerprint density at radius 3 is 2.50 bits per heavy atom. The number of hydrogen-bond acceptors (Lipinski definition) is 5. The lowest BCUT2D eigenvalue weighted by molar-refractivity contribution is 0.287. The topological polar surface area (TPSA) is 71.9 Å². The summed E-state index contributed by atoms with van der Waals surface area (Å²) in [7, 11) is 0. The van der Waals surface area contributed by atoms with Crippen LogP contribution in [0.15, 0.2) is 53.1 Å². The molecule has 0 fully saturated rings. The lowest BCUT2D eigenvalue weighted by atomic mass is 10.2. The monoisotopic (exact) mass is 311 g/mol. The minimum atomic E-state index is 0.184. The molecule has 5 nitrogen and oxygen atoms in total. The van der Waals surface area contributed by atoms with Crippen molar-refractivity contribution in [2.75, 3.05) is 0 Å². The minimum absolute atomic E-state index is 0.184. The zero-order valence-electron chi connectivity index (χ0n) is 11.4. The molecule has 0 N–H and O–H groups in total. The van der Waals surface area contributed by atoms with Crippen LogP contribution in [-0.2, 0) is 6.61 Å². The Morgan fingerprint density at radius 2 is 1.82 bits per heavy atom. The molecule has 0 saturated heterocycles. The molecule has 0 saturated carbocycles. The molecule has 0 aliphatic heterocycles. The van der Waals surface area contributed by atoms with E-state index in [2.05, 4.69) is 10.1 Å². The van der Waals surface area contributed by atoms with E-state index < -0.39 is 0 Å². The highest BCUT2D eigenvalue weighted by atomic mass is 35.5. The van der Waals surface area contributed by atoms with Gasteiger partial charge in [-0.25, -0.2) is 0 Å². The predicted molar refractivity (Wildman–Crippen MR) is 80.2 cm³/mol. The van der Waals surface area contributed by atoms with Crippen LogP contribution in [0.3, 0.4) is 0 Å². The second-order valence-electron chi connectivity index (χ2n) is 4.45. The van der Waals surface area contributed by atoms with Gasteiger partial charge in [-0.05, 0) is 48.5 Å². The molecule has 108 valence electrons. The maximum atomic E-state index is 8.73. The maximum absolute atomic E-state index is 8.73. The highest BCUT2D eigenvalue weighted by molar-refractivity contribution is 6.30. The Balaban J connectivity index is 1.66. The Labute approximate surface area is 131 Å². The Hall–Kier alpha value is -2.84. The van der Waals surface area contributed by atoms with Crippen molar-refractivity contribution in [1.82, 2.24) is 10.1 Å². The van der Waals surface area contributed by atoms with Crippen LogP contribution in [-0.4, -0.2) is 10.1 Å². The summed E-state index contributed by atoms with van der Waals surface area (Å²) in [5, 5.41) is 13.2. The van der Waals surface area contributed by atoms with Crippen LogP contribution in [0.5, 0.6) is 5.75 Å². The fraction of sp³-hybridized carbons (Fsp3) is 0.0625. The first-order valence-corrected chi connectivity index (χ1v) is 6.84. The third-order valence-corrected chi connectivity index (χ3v) is 3.16. The first-order chi connectivity index (χ1) is 10.7. The largest absolute Gasteiger partial charge is 0.485 e. The lowest BCUT2D eigenvalue weighted by Crippen LogP contribution is -1.97. The number of aromatic nitrogens is 2. The van der Waals surface area contributed by atoms with Crippen molar-refractivity contribution in [2.24, 2.45) is 0 Å². The fourth-order valence-electron chi connectivity index (χ4n) is 1.80. The van der Waals surface area contributed by atoms with Gasteiger partial charge in [0.25, 0.3) is 5.89 Å². The van der Waals surface area contributed by atoms with Crippen molar-refractivity contribution in [1.29, 1.82) is 5.26 Å². The number of hydrogen-bond donors (Lipinski definition) is 0. The van der Waals surface area contributed by atoms with Gasteiger partial charge in [0.15, 0.2) is 6.61 Å². The summed E-state index contributed by atoms with van der Waals surface area (Å²) in [4.78, 5) is 4.26. The van der Waals surface area contributed by atoms with Crippen molar-refractivity contribution in [3.8, 4) is 23.3 Å². The molecule has 2 aromatic carbocycles. The fourth-order valence-corrected chi connectivity index (χ4v) is 1.92. The van der Waals surface area contributed by atoms with Crippen molar-refractivity contribution < 1.29 is 9.26 Å². The van der Waals surface area contributed by atoms with Gasteiger partial charge in [0.05, 0.1) is 11.6 Å². The summed E-state index contributed by atoms with van der Waals surface area (Å²) in [6.45, 7) is 0.184. The van der Waals surface area contributed by atoms with Gasteiger partial charge in [-0.3, -0.25) is 0 Å². The molecule has 0 aliphatic carbocycles. The molecule has 0 amide bonds. The normalized spacial score (nSPS) is 10.2.